The molecule has 2 heterocycles. The van der Waals surface area contributed by atoms with E-state index in [1.54, 1.807) is 18.2 Å². The maximum absolute atomic E-state index is 13.3. The Kier molecular flexibility index (Phi) is 4.95. The first-order valence-corrected chi connectivity index (χ1v) is 8.68. The van der Waals surface area contributed by atoms with Crippen LogP contribution in [0.3, 0.4) is 0 Å². The standard InChI is InChI=1S/C20H21F3N4/c1-11(2)5-7-14-17(24)13-8-6-12(10-16(13)27-19(14)25)18-15(20(21,22)23)4-3-9-26-18/h3-4,6,8-11H,5,7H2,1-2H3,(H4,24,25,27). The van der Waals surface area contributed by atoms with E-state index in [9.17, 15) is 13.2 Å². The zero-order valence-electron chi connectivity index (χ0n) is 15.1. The molecule has 142 valence electrons. The van der Waals surface area contributed by atoms with Gasteiger partial charge >= 0.3 is 6.18 Å². The van der Waals surface area contributed by atoms with E-state index < -0.39 is 11.7 Å². The molecular weight excluding hydrogens is 353 g/mol. The molecule has 0 aliphatic heterocycles. The zero-order valence-corrected chi connectivity index (χ0v) is 15.1. The van der Waals surface area contributed by atoms with E-state index in [0.29, 0.717) is 40.3 Å². The van der Waals surface area contributed by atoms with Gasteiger partial charge in [0.25, 0.3) is 0 Å². The average Bonchev–Trinajstić information content (AvgIpc) is 2.60. The van der Waals surface area contributed by atoms with Crippen LogP contribution in [0.4, 0.5) is 24.7 Å². The minimum absolute atomic E-state index is 0.144. The van der Waals surface area contributed by atoms with Crippen LogP contribution < -0.4 is 11.5 Å². The molecule has 4 nitrogen and oxygen atoms in total. The average molecular weight is 374 g/mol. The topological polar surface area (TPSA) is 77.8 Å². The lowest BCUT2D eigenvalue weighted by Gasteiger charge is -2.15. The van der Waals surface area contributed by atoms with Gasteiger partial charge in [-0.05, 0) is 37.0 Å². The summed E-state index contributed by atoms with van der Waals surface area (Å²) in [6, 6.07) is 7.09. The van der Waals surface area contributed by atoms with Crippen molar-refractivity contribution in [2.24, 2.45) is 5.92 Å². The van der Waals surface area contributed by atoms with Gasteiger partial charge in [0.05, 0.1) is 16.8 Å². The Morgan fingerprint density at radius 3 is 2.52 bits per heavy atom. The molecule has 0 aliphatic carbocycles. The molecule has 7 heteroatoms. The summed E-state index contributed by atoms with van der Waals surface area (Å²) in [6.07, 6.45) is -1.54. The number of hydrogen-bond acceptors (Lipinski definition) is 4. The third-order valence-corrected chi connectivity index (χ3v) is 4.52. The molecule has 0 radical (unpaired) electrons. The molecule has 0 spiro atoms. The number of hydrogen-bond donors (Lipinski definition) is 2. The van der Waals surface area contributed by atoms with E-state index >= 15 is 0 Å². The van der Waals surface area contributed by atoms with Gasteiger partial charge in [0.1, 0.15) is 5.82 Å². The van der Waals surface area contributed by atoms with Crippen molar-refractivity contribution in [1.82, 2.24) is 9.97 Å². The lowest BCUT2D eigenvalue weighted by atomic mass is 9.98. The van der Waals surface area contributed by atoms with Crippen molar-refractivity contribution in [3.63, 3.8) is 0 Å². The number of pyridine rings is 2. The SMILES string of the molecule is CC(C)CCc1c(N)nc2cc(-c3ncccc3C(F)(F)F)ccc2c1N. The normalized spacial score (nSPS) is 12.1. The Morgan fingerprint density at radius 2 is 1.85 bits per heavy atom. The van der Waals surface area contributed by atoms with E-state index in [4.69, 9.17) is 11.5 Å². The summed E-state index contributed by atoms with van der Waals surface area (Å²) in [7, 11) is 0. The largest absolute Gasteiger partial charge is 0.418 e. The van der Waals surface area contributed by atoms with E-state index in [0.717, 1.165) is 18.1 Å². The predicted octanol–water partition coefficient (Wildman–Crippen LogP) is 5.07. The molecule has 1 aromatic carbocycles. The molecule has 0 aliphatic rings. The number of nitrogen functional groups attached to an aromatic ring is 2. The number of benzene rings is 1. The van der Waals surface area contributed by atoms with Gasteiger partial charge < -0.3 is 11.5 Å². The van der Waals surface area contributed by atoms with Crippen molar-refractivity contribution in [3.05, 3.63) is 47.7 Å². The summed E-state index contributed by atoms with van der Waals surface area (Å²) in [4.78, 5) is 8.30. The number of alkyl halides is 3. The summed E-state index contributed by atoms with van der Waals surface area (Å²) < 4.78 is 39.9. The van der Waals surface area contributed by atoms with Gasteiger partial charge in [-0.2, -0.15) is 13.2 Å². The van der Waals surface area contributed by atoms with Crippen LogP contribution in [0.2, 0.25) is 0 Å². The number of halogens is 3. The molecule has 0 saturated carbocycles. The highest BCUT2D eigenvalue weighted by Crippen LogP contribution is 2.37. The molecule has 27 heavy (non-hydrogen) atoms. The van der Waals surface area contributed by atoms with Gasteiger partial charge in [0.15, 0.2) is 0 Å². The van der Waals surface area contributed by atoms with Crippen LogP contribution in [-0.4, -0.2) is 9.97 Å². The van der Waals surface area contributed by atoms with Crippen LogP contribution in [0.25, 0.3) is 22.2 Å². The Morgan fingerprint density at radius 1 is 1.11 bits per heavy atom. The number of anilines is 2. The van der Waals surface area contributed by atoms with E-state index in [1.807, 2.05) is 0 Å². The summed E-state index contributed by atoms with van der Waals surface area (Å²) in [6.45, 7) is 4.22. The van der Waals surface area contributed by atoms with Crippen LogP contribution in [0.5, 0.6) is 0 Å². The summed E-state index contributed by atoms with van der Waals surface area (Å²) >= 11 is 0. The van der Waals surface area contributed by atoms with E-state index in [1.165, 1.54) is 12.3 Å². The lowest BCUT2D eigenvalue weighted by molar-refractivity contribution is -0.137. The van der Waals surface area contributed by atoms with Crippen molar-refractivity contribution in [1.29, 1.82) is 0 Å². The molecule has 3 rings (SSSR count). The quantitative estimate of drug-likeness (QED) is 0.668. The maximum atomic E-state index is 13.3. The predicted molar refractivity (Wildman–Crippen MR) is 102 cm³/mol. The van der Waals surface area contributed by atoms with Crippen molar-refractivity contribution in [2.45, 2.75) is 32.9 Å². The number of nitrogens with two attached hydrogens (primary N) is 2. The minimum Gasteiger partial charge on any atom is -0.398 e. The fourth-order valence-electron chi connectivity index (χ4n) is 3.06. The highest BCUT2D eigenvalue weighted by molar-refractivity contribution is 5.96. The van der Waals surface area contributed by atoms with Crippen molar-refractivity contribution >= 4 is 22.4 Å². The molecule has 0 saturated heterocycles. The molecule has 0 atom stereocenters. The fraction of sp³-hybridized carbons (Fsp3) is 0.300. The van der Waals surface area contributed by atoms with Crippen molar-refractivity contribution < 1.29 is 13.2 Å². The van der Waals surface area contributed by atoms with Crippen LogP contribution in [0.1, 0.15) is 31.4 Å². The highest BCUT2D eigenvalue weighted by Gasteiger charge is 2.34. The van der Waals surface area contributed by atoms with Crippen molar-refractivity contribution in [2.75, 3.05) is 11.5 Å². The molecular formula is C20H21F3N4. The molecule has 0 bridgehead atoms. The molecule has 0 unspecified atom stereocenters. The number of rotatable bonds is 4. The molecule has 4 N–H and O–H groups in total. The van der Waals surface area contributed by atoms with Gasteiger partial charge in [-0.15, -0.1) is 0 Å². The van der Waals surface area contributed by atoms with Crippen LogP contribution in [-0.2, 0) is 12.6 Å². The number of fused-ring (bicyclic) bond motifs is 1. The Labute approximate surface area is 155 Å². The second kappa shape index (κ2) is 7.06. The van der Waals surface area contributed by atoms with Crippen LogP contribution in [0, 0.1) is 5.92 Å². The summed E-state index contributed by atoms with van der Waals surface area (Å²) in [5, 5.41) is 0.677. The first-order valence-electron chi connectivity index (χ1n) is 8.68. The van der Waals surface area contributed by atoms with Crippen LogP contribution >= 0.6 is 0 Å². The number of aromatic nitrogens is 2. The maximum Gasteiger partial charge on any atom is 0.418 e. The molecule has 0 amide bonds. The Hall–Kier alpha value is -2.83. The highest BCUT2D eigenvalue weighted by atomic mass is 19.4. The van der Waals surface area contributed by atoms with Crippen molar-refractivity contribution in [3.8, 4) is 11.3 Å². The number of nitrogens with zero attached hydrogens (tertiary/aromatic N) is 2. The molecule has 0 fully saturated rings. The van der Waals surface area contributed by atoms with Gasteiger partial charge in [-0.3, -0.25) is 4.98 Å². The van der Waals surface area contributed by atoms with E-state index in [-0.39, 0.29) is 5.69 Å². The van der Waals surface area contributed by atoms with Gasteiger partial charge in [0.2, 0.25) is 0 Å². The van der Waals surface area contributed by atoms with Crippen LogP contribution in [0.15, 0.2) is 36.5 Å². The third-order valence-electron chi connectivity index (χ3n) is 4.52. The Bertz CT molecular complexity index is 981. The smallest absolute Gasteiger partial charge is 0.398 e. The Balaban J connectivity index is 2.11. The fourth-order valence-corrected chi connectivity index (χ4v) is 3.06. The summed E-state index contributed by atoms with van der Waals surface area (Å²) in [5.41, 5.74) is 13.5. The lowest BCUT2D eigenvalue weighted by Crippen LogP contribution is -2.08. The zero-order chi connectivity index (χ0) is 19.8. The third kappa shape index (κ3) is 3.82. The first-order chi connectivity index (χ1) is 12.7. The monoisotopic (exact) mass is 374 g/mol. The summed E-state index contributed by atoms with van der Waals surface area (Å²) in [5.74, 6) is 0.807. The minimum atomic E-state index is -4.50. The second-order valence-electron chi connectivity index (χ2n) is 6.95. The van der Waals surface area contributed by atoms with E-state index in [2.05, 4.69) is 23.8 Å². The first kappa shape index (κ1) is 18.9. The van der Waals surface area contributed by atoms with Gasteiger partial charge in [-0.25, -0.2) is 4.98 Å². The molecule has 2 aromatic heterocycles. The molecule has 3 aromatic rings. The van der Waals surface area contributed by atoms with Gasteiger partial charge in [0, 0.05) is 28.4 Å². The van der Waals surface area contributed by atoms with Gasteiger partial charge in [-0.1, -0.05) is 26.0 Å². The second-order valence-corrected chi connectivity index (χ2v) is 6.95.